The average molecular weight is 495 g/mol. The molecular weight excluding hydrogens is 456 g/mol. The molecule has 0 saturated heterocycles. The number of phenolic OH excluding ortho intramolecular Hbond substituents is 1. The zero-order valence-corrected chi connectivity index (χ0v) is 20.6. The van der Waals surface area contributed by atoms with Crippen molar-refractivity contribution >= 4 is 23.7 Å². The fourth-order valence-corrected chi connectivity index (χ4v) is 3.24. The maximum Gasteiger partial charge on any atom is 0.251 e. The Balaban J connectivity index is 2.88. The third kappa shape index (κ3) is 10.2. The SMILES string of the molecule is CC(C)[C@H](NC(=O)c1ccc(O)cc1)C(=O)N[C@H](C(=O)N[C@@H](CCCN=C(N)N)C(O)O)C(C)C. The molecule has 0 spiro atoms. The highest BCUT2D eigenvalue weighted by Gasteiger charge is 2.32. The van der Waals surface area contributed by atoms with Gasteiger partial charge in [0.05, 0.1) is 6.04 Å². The van der Waals surface area contributed by atoms with Gasteiger partial charge < -0.3 is 42.7 Å². The summed E-state index contributed by atoms with van der Waals surface area (Å²) in [5.74, 6) is -2.38. The highest BCUT2D eigenvalue weighted by molar-refractivity contribution is 5.98. The second-order valence-electron chi connectivity index (χ2n) is 8.95. The number of aliphatic imine (C=N–C) groups is 1. The predicted molar refractivity (Wildman–Crippen MR) is 131 cm³/mol. The number of hydrogen-bond acceptors (Lipinski definition) is 7. The van der Waals surface area contributed by atoms with E-state index >= 15 is 0 Å². The van der Waals surface area contributed by atoms with E-state index in [0.717, 1.165) is 0 Å². The lowest BCUT2D eigenvalue weighted by molar-refractivity contribution is -0.134. The molecule has 35 heavy (non-hydrogen) atoms. The number of aliphatic hydroxyl groups excluding tert-OH is 1. The summed E-state index contributed by atoms with van der Waals surface area (Å²) in [6, 6.07) is 2.65. The van der Waals surface area contributed by atoms with E-state index in [9.17, 15) is 29.7 Å². The molecule has 10 N–H and O–H groups in total. The smallest absolute Gasteiger partial charge is 0.251 e. The second-order valence-corrected chi connectivity index (χ2v) is 8.95. The van der Waals surface area contributed by atoms with Crippen molar-refractivity contribution in [1.29, 1.82) is 0 Å². The summed E-state index contributed by atoms with van der Waals surface area (Å²) in [6.07, 6.45) is -1.25. The topological polar surface area (TPSA) is 212 Å². The molecule has 0 aromatic heterocycles. The fraction of sp³-hybridized carbons (Fsp3) is 0.565. The van der Waals surface area contributed by atoms with Crippen LogP contribution in [0.15, 0.2) is 29.3 Å². The number of rotatable bonds is 13. The molecule has 1 rings (SSSR count). The Morgan fingerprint density at radius 1 is 0.886 bits per heavy atom. The summed E-state index contributed by atoms with van der Waals surface area (Å²) in [5.41, 5.74) is 10.8. The van der Waals surface area contributed by atoms with Gasteiger partial charge in [-0.25, -0.2) is 0 Å². The standard InChI is InChI=1S/C23H38N6O6/c1-12(2)17(20(32)27-16(22(34)35)6-5-11-26-23(24)25)29-21(33)18(13(3)4)28-19(31)14-7-9-15(30)10-8-14/h7-10,12-13,16-18,22,30,34-35H,5-6,11H2,1-4H3,(H,27,32)(H,28,31)(H,29,33)(H4,24,25,26)/t16-,17-,18-/m0/s1. The van der Waals surface area contributed by atoms with E-state index in [0.29, 0.717) is 6.42 Å². The van der Waals surface area contributed by atoms with Gasteiger partial charge in [0.1, 0.15) is 17.8 Å². The van der Waals surface area contributed by atoms with Crippen LogP contribution in [-0.4, -0.2) is 70.0 Å². The van der Waals surface area contributed by atoms with Crippen LogP contribution in [0.25, 0.3) is 0 Å². The minimum atomic E-state index is -1.82. The number of carbonyl (C=O) groups is 3. The number of amides is 3. The van der Waals surface area contributed by atoms with Crippen LogP contribution in [-0.2, 0) is 9.59 Å². The zero-order chi connectivity index (χ0) is 26.7. The summed E-state index contributed by atoms with van der Waals surface area (Å²) < 4.78 is 0. The van der Waals surface area contributed by atoms with Crippen LogP contribution >= 0.6 is 0 Å². The van der Waals surface area contributed by atoms with Crippen molar-refractivity contribution in [3.05, 3.63) is 29.8 Å². The molecule has 0 saturated carbocycles. The van der Waals surface area contributed by atoms with Gasteiger partial charge in [-0.2, -0.15) is 0 Å². The maximum atomic E-state index is 13.0. The Morgan fingerprint density at radius 3 is 1.89 bits per heavy atom. The number of phenols is 1. The number of carbonyl (C=O) groups excluding carboxylic acids is 3. The molecule has 0 unspecified atom stereocenters. The van der Waals surface area contributed by atoms with Crippen LogP contribution in [0.1, 0.15) is 50.9 Å². The van der Waals surface area contributed by atoms with Crippen molar-refractivity contribution in [1.82, 2.24) is 16.0 Å². The van der Waals surface area contributed by atoms with Gasteiger partial charge in [-0.1, -0.05) is 27.7 Å². The number of guanidine groups is 1. The van der Waals surface area contributed by atoms with Crippen molar-refractivity contribution < 1.29 is 29.7 Å². The summed E-state index contributed by atoms with van der Waals surface area (Å²) in [7, 11) is 0. The predicted octanol–water partition coefficient (Wildman–Crippen LogP) is -0.863. The lowest BCUT2D eigenvalue weighted by atomic mass is 9.98. The van der Waals surface area contributed by atoms with E-state index in [1.807, 2.05) is 0 Å². The minimum absolute atomic E-state index is 0.00744. The minimum Gasteiger partial charge on any atom is -0.508 e. The Morgan fingerprint density at radius 2 is 1.40 bits per heavy atom. The molecule has 12 nitrogen and oxygen atoms in total. The first-order valence-electron chi connectivity index (χ1n) is 11.5. The van der Waals surface area contributed by atoms with Gasteiger partial charge in [-0.05, 0) is 48.9 Å². The average Bonchev–Trinajstić information content (AvgIpc) is 2.76. The Bertz CT molecular complexity index is 868. The number of aliphatic hydroxyl groups is 2. The van der Waals surface area contributed by atoms with E-state index in [2.05, 4.69) is 20.9 Å². The van der Waals surface area contributed by atoms with E-state index in [4.69, 9.17) is 11.5 Å². The van der Waals surface area contributed by atoms with Crippen LogP contribution in [0.5, 0.6) is 5.75 Å². The van der Waals surface area contributed by atoms with Gasteiger partial charge in [-0.15, -0.1) is 0 Å². The summed E-state index contributed by atoms with van der Waals surface area (Å²) >= 11 is 0. The number of aromatic hydroxyl groups is 1. The molecule has 0 bridgehead atoms. The molecule has 1 aromatic rings. The van der Waals surface area contributed by atoms with Crippen LogP contribution in [0.4, 0.5) is 0 Å². The number of benzene rings is 1. The van der Waals surface area contributed by atoms with E-state index in [-0.39, 0.29) is 42.1 Å². The van der Waals surface area contributed by atoms with Crippen molar-refractivity contribution in [3.8, 4) is 5.75 Å². The fourth-order valence-electron chi connectivity index (χ4n) is 3.24. The molecule has 0 aliphatic carbocycles. The Hall–Kier alpha value is -3.38. The van der Waals surface area contributed by atoms with E-state index in [1.165, 1.54) is 24.3 Å². The molecule has 196 valence electrons. The first kappa shape index (κ1) is 29.7. The monoisotopic (exact) mass is 494 g/mol. The Labute approximate surface area is 205 Å². The van der Waals surface area contributed by atoms with Crippen molar-refractivity contribution in [2.75, 3.05) is 6.54 Å². The second kappa shape index (κ2) is 14.1. The van der Waals surface area contributed by atoms with Crippen LogP contribution in [0.2, 0.25) is 0 Å². The highest BCUT2D eigenvalue weighted by atomic mass is 16.5. The lowest BCUT2D eigenvalue weighted by Crippen LogP contribution is -2.58. The van der Waals surface area contributed by atoms with Crippen LogP contribution in [0.3, 0.4) is 0 Å². The van der Waals surface area contributed by atoms with Crippen molar-refractivity contribution in [3.63, 3.8) is 0 Å². The molecule has 0 heterocycles. The van der Waals surface area contributed by atoms with Gasteiger partial charge in [-0.3, -0.25) is 19.4 Å². The number of nitrogens with zero attached hydrogens (tertiary/aromatic N) is 1. The van der Waals surface area contributed by atoms with Gasteiger partial charge >= 0.3 is 0 Å². The normalized spacial score (nSPS) is 13.7. The molecule has 3 atom stereocenters. The van der Waals surface area contributed by atoms with Crippen molar-refractivity contribution in [2.45, 2.75) is 65.0 Å². The molecule has 0 aliphatic heterocycles. The zero-order valence-electron chi connectivity index (χ0n) is 20.6. The lowest BCUT2D eigenvalue weighted by Gasteiger charge is -2.29. The van der Waals surface area contributed by atoms with E-state index < -0.39 is 42.1 Å². The number of hydrogen-bond donors (Lipinski definition) is 8. The quantitative estimate of drug-likeness (QED) is 0.0745. The number of nitrogens with two attached hydrogens (primary N) is 2. The van der Waals surface area contributed by atoms with E-state index in [1.54, 1.807) is 27.7 Å². The molecule has 0 radical (unpaired) electrons. The molecular formula is C23H38N6O6. The maximum absolute atomic E-state index is 13.0. The summed E-state index contributed by atoms with van der Waals surface area (Å²) in [6.45, 7) is 7.21. The van der Waals surface area contributed by atoms with Gasteiger partial charge in [0.2, 0.25) is 11.8 Å². The van der Waals surface area contributed by atoms with Gasteiger partial charge in [0.15, 0.2) is 12.2 Å². The summed E-state index contributed by atoms with van der Waals surface area (Å²) in [5, 5.41) is 36.6. The molecule has 0 aliphatic rings. The first-order valence-corrected chi connectivity index (χ1v) is 11.5. The molecule has 1 aromatic carbocycles. The molecule has 0 fully saturated rings. The number of nitrogens with one attached hydrogen (secondary N) is 3. The van der Waals surface area contributed by atoms with Gasteiger partial charge in [0.25, 0.3) is 5.91 Å². The van der Waals surface area contributed by atoms with Crippen LogP contribution < -0.4 is 27.4 Å². The highest BCUT2D eigenvalue weighted by Crippen LogP contribution is 2.12. The molecule has 3 amide bonds. The largest absolute Gasteiger partial charge is 0.508 e. The van der Waals surface area contributed by atoms with Gasteiger partial charge in [0, 0.05) is 12.1 Å². The third-order valence-corrected chi connectivity index (χ3v) is 5.27. The third-order valence-electron chi connectivity index (χ3n) is 5.27. The van der Waals surface area contributed by atoms with Crippen molar-refractivity contribution in [2.24, 2.45) is 28.3 Å². The first-order chi connectivity index (χ1) is 16.3. The summed E-state index contributed by atoms with van der Waals surface area (Å²) in [4.78, 5) is 42.4. The Kier molecular flexibility index (Phi) is 12.0. The van der Waals surface area contributed by atoms with Crippen LogP contribution in [0, 0.1) is 11.8 Å². The molecule has 12 heteroatoms.